The molecule has 0 radical (unpaired) electrons. The van der Waals surface area contributed by atoms with Crippen LogP contribution in [0.2, 0.25) is 0 Å². The van der Waals surface area contributed by atoms with Gasteiger partial charge in [0.25, 0.3) is 11.8 Å². The molecule has 1 spiro atoms. The van der Waals surface area contributed by atoms with Crippen molar-refractivity contribution < 1.29 is 19.1 Å². The largest absolute Gasteiger partial charge is 0.353 e. The molecule has 2 atom stereocenters. The first kappa shape index (κ1) is 26.6. The van der Waals surface area contributed by atoms with E-state index in [1.54, 1.807) is 15.9 Å². The smallest absolute Gasteiger partial charge is 0.257 e. The number of ether oxygens (including phenoxy) is 1. The van der Waals surface area contributed by atoms with E-state index in [2.05, 4.69) is 5.32 Å². The van der Waals surface area contributed by atoms with Crippen LogP contribution in [0.3, 0.4) is 0 Å². The SMILES string of the molecule is Cc1ccc(C(=O)N2CCC3(CC2)OC[C@H](C(=O)N[C@@H](C)c2ccccc2)N3C(=O)c2ccccc2C)cc1. The lowest BCUT2D eigenvalue weighted by molar-refractivity contribution is -0.128. The molecule has 202 valence electrons. The van der Waals surface area contributed by atoms with Gasteiger partial charge >= 0.3 is 0 Å². The molecule has 2 fully saturated rings. The number of hydrogen-bond acceptors (Lipinski definition) is 4. The second-order valence-electron chi connectivity index (χ2n) is 10.6. The minimum Gasteiger partial charge on any atom is -0.353 e. The van der Waals surface area contributed by atoms with Gasteiger partial charge < -0.3 is 15.0 Å². The molecule has 5 rings (SSSR count). The van der Waals surface area contributed by atoms with Crippen LogP contribution in [-0.4, -0.2) is 59.0 Å². The zero-order chi connectivity index (χ0) is 27.6. The Labute approximate surface area is 229 Å². The third kappa shape index (κ3) is 5.32. The Hall–Kier alpha value is -3.97. The summed E-state index contributed by atoms with van der Waals surface area (Å²) in [5.74, 6) is -0.509. The fourth-order valence-corrected chi connectivity index (χ4v) is 5.58. The Morgan fingerprint density at radius 1 is 0.872 bits per heavy atom. The van der Waals surface area contributed by atoms with E-state index in [4.69, 9.17) is 4.74 Å². The first-order valence-corrected chi connectivity index (χ1v) is 13.5. The molecule has 7 heteroatoms. The number of nitrogens with one attached hydrogen (secondary N) is 1. The van der Waals surface area contributed by atoms with Gasteiger partial charge in [0.2, 0.25) is 5.91 Å². The predicted octanol–water partition coefficient (Wildman–Crippen LogP) is 4.65. The summed E-state index contributed by atoms with van der Waals surface area (Å²) >= 11 is 0. The molecule has 0 aliphatic carbocycles. The molecule has 0 saturated carbocycles. The van der Waals surface area contributed by atoms with Gasteiger partial charge in [-0.15, -0.1) is 0 Å². The third-order valence-electron chi connectivity index (χ3n) is 7.95. The van der Waals surface area contributed by atoms with Gasteiger partial charge in [0.05, 0.1) is 12.6 Å². The predicted molar refractivity (Wildman–Crippen MR) is 149 cm³/mol. The van der Waals surface area contributed by atoms with Crippen LogP contribution in [0.15, 0.2) is 78.9 Å². The summed E-state index contributed by atoms with van der Waals surface area (Å²) in [6.07, 6.45) is 0.862. The number of rotatable bonds is 5. The van der Waals surface area contributed by atoms with Gasteiger partial charge in [-0.2, -0.15) is 0 Å². The number of hydrogen-bond donors (Lipinski definition) is 1. The number of piperidine rings is 1. The maximum Gasteiger partial charge on any atom is 0.257 e. The minimum atomic E-state index is -0.957. The number of likely N-dealkylation sites (tertiary alicyclic amines) is 1. The van der Waals surface area contributed by atoms with Crippen LogP contribution in [0.5, 0.6) is 0 Å². The van der Waals surface area contributed by atoms with Gasteiger partial charge in [-0.25, -0.2) is 0 Å². The summed E-state index contributed by atoms with van der Waals surface area (Å²) in [5, 5.41) is 3.09. The second-order valence-corrected chi connectivity index (χ2v) is 10.6. The van der Waals surface area contributed by atoms with Crippen molar-refractivity contribution in [2.45, 2.75) is 51.4 Å². The summed E-state index contributed by atoms with van der Waals surface area (Å²) in [4.78, 5) is 44.3. The number of carbonyl (C=O) groups excluding carboxylic acids is 3. The fourth-order valence-electron chi connectivity index (χ4n) is 5.58. The van der Waals surface area contributed by atoms with E-state index in [0.717, 1.165) is 16.7 Å². The highest BCUT2D eigenvalue weighted by atomic mass is 16.5. The minimum absolute atomic E-state index is 0.0365. The molecule has 3 amide bonds. The van der Waals surface area contributed by atoms with Crippen molar-refractivity contribution in [3.8, 4) is 0 Å². The lowest BCUT2D eigenvalue weighted by Gasteiger charge is -2.44. The maximum absolute atomic E-state index is 14.1. The molecule has 3 aromatic rings. The number of aryl methyl sites for hydroxylation is 2. The van der Waals surface area contributed by atoms with Gasteiger partial charge in [-0.05, 0) is 50.1 Å². The molecule has 39 heavy (non-hydrogen) atoms. The fraction of sp³-hybridized carbons (Fsp3) is 0.344. The van der Waals surface area contributed by atoms with Crippen LogP contribution < -0.4 is 5.32 Å². The van der Waals surface area contributed by atoms with Crippen LogP contribution in [0.1, 0.15) is 63.2 Å². The van der Waals surface area contributed by atoms with E-state index in [0.29, 0.717) is 37.1 Å². The number of benzene rings is 3. The molecule has 3 aromatic carbocycles. The van der Waals surface area contributed by atoms with Crippen LogP contribution in [-0.2, 0) is 9.53 Å². The molecular weight excluding hydrogens is 490 g/mol. The Bertz CT molecular complexity index is 1350. The summed E-state index contributed by atoms with van der Waals surface area (Å²) in [6, 6.07) is 23.7. The van der Waals surface area contributed by atoms with Crippen molar-refractivity contribution in [2.24, 2.45) is 0 Å². The Morgan fingerprint density at radius 3 is 2.18 bits per heavy atom. The van der Waals surface area contributed by atoms with Gasteiger partial charge in [0, 0.05) is 37.1 Å². The highest BCUT2D eigenvalue weighted by Gasteiger charge is 2.54. The summed E-state index contributed by atoms with van der Waals surface area (Å²) in [6.45, 7) is 6.78. The Balaban J connectivity index is 1.39. The average molecular weight is 526 g/mol. The first-order valence-electron chi connectivity index (χ1n) is 13.5. The standard InChI is InChI=1S/C32H35N3O4/c1-22-13-15-26(16-14-22)30(37)34-19-17-32(18-20-34)35(31(38)27-12-8-7-9-23(27)2)28(21-39-32)29(36)33-24(3)25-10-5-4-6-11-25/h4-16,24,28H,17-21H2,1-3H3,(H,33,36)/t24-,28+/m0/s1. The van der Waals surface area contributed by atoms with Gasteiger partial charge in [-0.3, -0.25) is 19.3 Å². The average Bonchev–Trinajstić information content (AvgIpc) is 3.32. The van der Waals surface area contributed by atoms with Crippen LogP contribution in [0.25, 0.3) is 0 Å². The number of amides is 3. The van der Waals surface area contributed by atoms with E-state index in [9.17, 15) is 14.4 Å². The van der Waals surface area contributed by atoms with Crippen molar-refractivity contribution in [3.63, 3.8) is 0 Å². The van der Waals surface area contributed by atoms with Gasteiger partial charge in [0.15, 0.2) is 0 Å². The third-order valence-corrected chi connectivity index (χ3v) is 7.95. The second kappa shape index (κ2) is 11.0. The number of carbonyl (C=O) groups is 3. The highest BCUT2D eigenvalue weighted by Crippen LogP contribution is 2.39. The molecule has 0 bridgehead atoms. The topological polar surface area (TPSA) is 79.0 Å². The first-order chi connectivity index (χ1) is 18.8. The normalized spacial score (nSPS) is 19.1. The zero-order valence-corrected chi connectivity index (χ0v) is 22.7. The van der Waals surface area contributed by atoms with Crippen molar-refractivity contribution >= 4 is 17.7 Å². The van der Waals surface area contributed by atoms with Gasteiger partial charge in [-0.1, -0.05) is 66.2 Å². The molecule has 2 aliphatic heterocycles. The van der Waals surface area contributed by atoms with Crippen LogP contribution >= 0.6 is 0 Å². The summed E-state index contributed by atoms with van der Waals surface area (Å²) < 4.78 is 6.35. The summed E-state index contributed by atoms with van der Waals surface area (Å²) in [7, 11) is 0. The number of nitrogens with zero attached hydrogens (tertiary/aromatic N) is 2. The molecule has 0 unspecified atom stereocenters. The van der Waals surface area contributed by atoms with Crippen LogP contribution in [0, 0.1) is 13.8 Å². The van der Waals surface area contributed by atoms with Crippen LogP contribution in [0.4, 0.5) is 0 Å². The highest BCUT2D eigenvalue weighted by molar-refractivity contribution is 5.99. The zero-order valence-electron chi connectivity index (χ0n) is 22.7. The Morgan fingerprint density at radius 2 is 1.51 bits per heavy atom. The van der Waals surface area contributed by atoms with E-state index in [-0.39, 0.29) is 30.4 Å². The molecule has 1 N–H and O–H groups in total. The van der Waals surface area contributed by atoms with Crippen molar-refractivity contribution in [3.05, 3.63) is 107 Å². The molecule has 2 aliphatic rings. The molecular formula is C32H35N3O4. The van der Waals surface area contributed by atoms with E-state index < -0.39 is 11.8 Å². The lowest BCUT2D eigenvalue weighted by Crippen LogP contribution is -2.60. The maximum atomic E-state index is 14.1. The van der Waals surface area contributed by atoms with E-state index >= 15 is 0 Å². The Kier molecular flexibility index (Phi) is 7.53. The summed E-state index contributed by atoms with van der Waals surface area (Å²) in [5.41, 5.74) is 3.16. The van der Waals surface area contributed by atoms with E-state index in [1.807, 2.05) is 93.6 Å². The molecule has 0 aromatic heterocycles. The van der Waals surface area contributed by atoms with Crippen molar-refractivity contribution in [1.29, 1.82) is 0 Å². The molecule has 2 saturated heterocycles. The van der Waals surface area contributed by atoms with E-state index in [1.165, 1.54) is 0 Å². The van der Waals surface area contributed by atoms with Gasteiger partial charge in [0.1, 0.15) is 11.8 Å². The van der Waals surface area contributed by atoms with Crippen molar-refractivity contribution in [2.75, 3.05) is 19.7 Å². The quantitative estimate of drug-likeness (QED) is 0.526. The molecule has 7 nitrogen and oxygen atoms in total. The van der Waals surface area contributed by atoms with Crippen molar-refractivity contribution in [1.82, 2.24) is 15.1 Å². The monoisotopic (exact) mass is 525 g/mol. The lowest BCUT2D eigenvalue weighted by atomic mass is 9.95. The molecule has 2 heterocycles.